The first-order valence-electron chi connectivity index (χ1n) is 6.71. The lowest BCUT2D eigenvalue weighted by atomic mass is 9.90. The molecule has 3 atom stereocenters. The number of hydrogen-bond donors (Lipinski definition) is 0. The lowest BCUT2D eigenvalue weighted by Gasteiger charge is -2.37. The van der Waals surface area contributed by atoms with Crippen LogP contribution in [0.25, 0.3) is 0 Å². The topological polar surface area (TPSA) is 33.5 Å². The van der Waals surface area contributed by atoms with Crippen LogP contribution < -0.4 is 0 Å². The molecule has 0 radical (unpaired) electrons. The fourth-order valence-corrected chi connectivity index (χ4v) is 3.33. The van der Waals surface area contributed by atoms with Gasteiger partial charge in [-0.2, -0.15) is 0 Å². The molecule has 2 fully saturated rings. The molecular weight excluding hydrogens is 285 g/mol. The van der Waals surface area contributed by atoms with Crippen LogP contribution in [0.3, 0.4) is 0 Å². The lowest BCUT2D eigenvalue weighted by molar-refractivity contribution is -0.137. The lowest BCUT2D eigenvalue weighted by Crippen LogP contribution is -2.42. The number of piperidine rings is 1. The van der Waals surface area contributed by atoms with Crippen molar-refractivity contribution in [2.45, 2.75) is 36.6 Å². The second-order valence-corrected chi connectivity index (χ2v) is 7.25. The second kappa shape index (κ2) is 4.71. The molecule has 0 spiro atoms. The number of amides is 1. The van der Waals surface area contributed by atoms with Gasteiger partial charge in [-0.1, -0.05) is 6.92 Å². The summed E-state index contributed by atoms with van der Waals surface area (Å²) in [6, 6.07) is 3.82. The summed E-state index contributed by atoms with van der Waals surface area (Å²) < 4.78 is 4.64. The standard InChI is InChI=1S/C14H17Cl2NO2/c1-9-4-5-17(13(18)10-8-14(10,15)16)11(7-9)12-3-2-6-19-12/h2-3,6,9-11H,4-5,7-8H2,1H3/t9-,10-,11+/m1/s1. The molecule has 0 unspecified atom stereocenters. The van der Waals surface area contributed by atoms with Gasteiger partial charge in [0, 0.05) is 6.54 Å². The quantitative estimate of drug-likeness (QED) is 0.779. The average Bonchev–Trinajstić information content (AvgIpc) is 2.81. The van der Waals surface area contributed by atoms with Crippen LogP contribution in [-0.4, -0.2) is 21.7 Å². The van der Waals surface area contributed by atoms with Crippen LogP contribution in [0.5, 0.6) is 0 Å². The fourth-order valence-electron chi connectivity index (χ4n) is 2.84. The van der Waals surface area contributed by atoms with Crippen molar-refractivity contribution in [1.29, 1.82) is 0 Å². The Morgan fingerprint density at radius 3 is 2.84 bits per heavy atom. The van der Waals surface area contributed by atoms with E-state index in [1.54, 1.807) is 6.26 Å². The predicted molar refractivity (Wildman–Crippen MR) is 74.1 cm³/mol. The molecule has 2 heterocycles. The molecular formula is C14H17Cl2NO2. The van der Waals surface area contributed by atoms with E-state index in [-0.39, 0.29) is 17.9 Å². The van der Waals surface area contributed by atoms with Gasteiger partial charge < -0.3 is 9.32 Å². The maximum absolute atomic E-state index is 12.5. The molecule has 0 aromatic carbocycles. The number of carbonyl (C=O) groups is 1. The zero-order valence-corrected chi connectivity index (χ0v) is 12.3. The zero-order chi connectivity index (χ0) is 13.6. The molecule has 1 aromatic heterocycles. The van der Waals surface area contributed by atoms with Crippen LogP contribution in [0.2, 0.25) is 0 Å². The first-order chi connectivity index (χ1) is 8.99. The minimum absolute atomic E-state index is 0.0241. The monoisotopic (exact) mass is 301 g/mol. The highest BCUT2D eigenvalue weighted by atomic mass is 35.5. The number of nitrogens with zero attached hydrogens (tertiary/aromatic N) is 1. The van der Waals surface area contributed by atoms with E-state index in [1.807, 2.05) is 17.0 Å². The largest absolute Gasteiger partial charge is 0.467 e. The molecule has 3 nitrogen and oxygen atoms in total. The summed E-state index contributed by atoms with van der Waals surface area (Å²) in [6.45, 7) is 2.97. The van der Waals surface area contributed by atoms with Crippen LogP contribution in [0, 0.1) is 11.8 Å². The van der Waals surface area contributed by atoms with Crippen LogP contribution in [0.4, 0.5) is 0 Å². The maximum Gasteiger partial charge on any atom is 0.229 e. The molecule has 0 bridgehead atoms. The highest BCUT2D eigenvalue weighted by molar-refractivity contribution is 6.52. The normalized spacial score (nSPS) is 33.2. The molecule has 3 rings (SSSR count). The number of rotatable bonds is 2. The summed E-state index contributed by atoms with van der Waals surface area (Å²) in [7, 11) is 0. The number of carbonyl (C=O) groups excluding carboxylic acids is 1. The molecule has 1 aliphatic carbocycles. The molecule has 1 saturated heterocycles. The van der Waals surface area contributed by atoms with Crippen molar-refractivity contribution in [3.8, 4) is 0 Å². The molecule has 19 heavy (non-hydrogen) atoms. The van der Waals surface area contributed by atoms with Crippen molar-refractivity contribution < 1.29 is 9.21 Å². The Morgan fingerprint density at radius 2 is 2.26 bits per heavy atom. The Kier molecular flexibility index (Phi) is 3.30. The van der Waals surface area contributed by atoms with E-state index in [2.05, 4.69) is 6.92 Å². The van der Waals surface area contributed by atoms with Crippen molar-refractivity contribution in [3.05, 3.63) is 24.2 Å². The van der Waals surface area contributed by atoms with E-state index in [9.17, 15) is 4.79 Å². The van der Waals surface area contributed by atoms with E-state index in [0.29, 0.717) is 12.3 Å². The number of hydrogen-bond acceptors (Lipinski definition) is 2. The molecule has 0 N–H and O–H groups in total. The van der Waals surface area contributed by atoms with Gasteiger partial charge in [-0.3, -0.25) is 4.79 Å². The molecule has 5 heteroatoms. The number of likely N-dealkylation sites (tertiary alicyclic amines) is 1. The fraction of sp³-hybridized carbons (Fsp3) is 0.643. The third kappa shape index (κ3) is 2.50. The van der Waals surface area contributed by atoms with E-state index >= 15 is 0 Å². The molecule has 104 valence electrons. The third-order valence-corrected chi connectivity index (χ3v) is 4.98. The summed E-state index contributed by atoms with van der Waals surface area (Å²) in [5.41, 5.74) is 0. The highest BCUT2D eigenvalue weighted by Gasteiger charge is 2.58. The zero-order valence-electron chi connectivity index (χ0n) is 10.8. The minimum atomic E-state index is -0.853. The smallest absolute Gasteiger partial charge is 0.229 e. The van der Waals surface area contributed by atoms with Crippen LogP contribution in [0.1, 0.15) is 38.0 Å². The Morgan fingerprint density at radius 1 is 1.53 bits per heavy atom. The highest BCUT2D eigenvalue weighted by Crippen LogP contribution is 2.55. The van der Waals surface area contributed by atoms with Gasteiger partial charge in [0.2, 0.25) is 5.91 Å². The number of furan rings is 1. The third-order valence-electron chi connectivity index (χ3n) is 4.14. The SMILES string of the molecule is C[C@@H]1CCN(C(=O)[C@H]2CC2(Cl)Cl)[C@H](c2ccco2)C1. The molecule has 1 aliphatic heterocycles. The van der Waals surface area contributed by atoms with Crippen molar-refractivity contribution in [2.75, 3.05) is 6.54 Å². The van der Waals surface area contributed by atoms with Crippen molar-refractivity contribution in [1.82, 2.24) is 4.90 Å². The van der Waals surface area contributed by atoms with Gasteiger partial charge in [0.15, 0.2) is 0 Å². The summed E-state index contributed by atoms with van der Waals surface area (Å²) in [6.07, 6.45) is 4.17. The van der Waals surface area contributed by atoms with Gasteiger partial charge in [-0.25, -0.2) is 0 Å². The van der Waals surface area contributed by atoms with Gasteiger partial charge >= 0.3 is 0 Å². The molecule has 2 aliphatic rings. The summed E-state index contributed by atoms with van der Waals surface area (Å²) in [5, 5.41) is 0. The van der Waals surface area contributed by atoms with Gasteiger partial charge in [-0.15, -0.1) is 23.2 Å². The van der Waals surface area contributed by atoms with E-state index in [0.717, 1.165) is 25.1 Å². The van der Waals surface area contributed by atoms with Crippen molar-refractivity contribution in [3.63, 3.8) is 0 Å². The number of alkyl halides is 2. The minimum Gasteiger partial charge on any atom is -0.467 e. The Labute approximate surface area is 122 Å². The predicted octanol–water partition coefficient (Wildman–Crippen LogP) is 3.77. The van der Waals surface area contributed by atoms with Crippen LogP contribution >= 0.6 is 23.2 Å². The van der Waals surface area contributed by atoms with Crippen LogP contribution in [-0.2, 0) is 4.79 Å². The molecule has 1 aromatic rings. The van der Waals surface area contributed by atoms with E-state index in [4.69, 9.17) is 27.6 Å². The summed E-state index contributed by atoms with van der Waals surface area (Å²) in [5.74, 6) is 1.27. The van der Waals surface area contributed by atoms with Gasteiger partial charge in [-0.05, 0) is 37.3 Å². The Balaban J connectivity index is 1.80. The maximum atomic E-state index is 12.5. The van der Waals surface area contributed by atoms with E-state index < -0.39 is 4.33 Å². The first-order valence-corrected chi connectivity index (χ1v) is 7.46. The molecule has 1 amide bonds. The van der Waals surface area contributed by atoms with Crippen molar-refractivity contribution >= 4 is 29.1 Å². The van der Waals surface area contributed by atoms with Crippen molar-refractivity contribution in [2.24, 2.45) is 11.8 Å². The summed E-state index contributed by atoms with van der Waals surface area (Å²) >= 11 is 12.0. The van der Waals surface area contributed by atoms with Crippen LogP contribution in [0.15, 0.2) is 22.8 Å². The summed E-state index contributed by atoms with van der Waals surface area (Å²) in [4.78, 5) is 14.4. The Bertz CT molecular complexity index is 472. The Hall–Kier alpha value is -0.670. The first kappa shape index (κ1) is 13.3. The van der Waals surface area contributed by atoms with Gasteiger partial charge in [0.05, 0.1) is 18.2 Å². The second-order valence-electron chi connectivity index (χ2n) is 5.71. The van der Waals surface area contributed by atoms with Gasteiger partial charge in [0.1, 0.15) is 10.1 Å². The number of halogens is 2. The molecule has 1 saturated carbocycles. The van der Waals surface area contributed by atoms with Gasteiger partial charge in [0.25, 0.3) is 0 Å². The average molecular weight is 302 g/mol. The van der Waals surface area contributed by atoms with E-state index in [1.165, 1.54) is 0 Å².